The van der Waals surface area contributed by atoms with E-state index in [0.29, 0.717) is 23.8 Å². The van der Waals surface area contributed by atoms with Gasteiger partial charge >= 0.3 is 0 Å². The number of hydrogen-bond donors (Lipinski definition) is 1. The Hall–Kier alpha value is -2.30. The van der Waals surface area contributed by atoms with Gasteiger partial charge in [0.15, 0.2) is 5.89 Å². The number of rotatable bonds is 4. The molecular weight excluding hydrogens is 364 g/mol. The van der Waals surface area contributed by atoms with Crippen molar-refractivity contribution in [2.75, 3.05) is 13.7 Å². The molecular formula is C24H32N2O3. The van der Waals surface area contributed by atoms with Gasteiger partial charge in [0.1, 0.15) is 11.5 Å². The number of ether oxygens (including phenoxy) is 1. The van der Waals surface area contributed by atoms with E-state index in [-0.39, 0.29) is 16.7 Å². The van der Waals surface area contributed by atoms with Crippen LogP contribution < -0.4 is 10.1 Å². The summed E-state index contributed by atoms with van der Waals surface area (Å²) in [6.45, 7) is 11.6. The highest BCUT2D eigenvalue weighted by Crippen LogP contribution is 2.56. The lowest BCUT2D eigenvalue weighted by Crippen LogP contribution is -2.51. The van der Waals surface area contributed by atoms with Crippen LogP contribution in [-0.4, -0.2) is 24.5 Å². The van der Waals surface area contributed by atoms with Gasteiger partial charge < -0.3 is 14.5 Å². The average molecular weight is 397 g/mol. The van der Waals surface area contributed by atoms with Gasteiger partial charge in [-0.05, 0) is 48.4 Å². The van der Waals surface area contributed by atoms with E-state index in [2.05, 4.69) is 45.1 Å². The first kappa shape index (κ1) is 20.0. The maximum atomic E-state index is 12.7. The van der Waals surface area contributed by atoms with E-state index in [1.807, 2.05) is 6.92 Å². The van der Waals surface area contributed by atoms with E-state index in [1.165, 1.54) is 11.1 Å². The van der Waals surface area contributed by atoms with Crippen LogP contribution in [0.4, 0.5) is 0 Å². The van der Waals surface area contributed by atoms with Crippen LogP contribution >= 0.6 is 0 Å². The Bertz CT molecular complexity index is 959. The molecule has 5 heteroatoms. The summed E-state index contributed by atoms with van der Waals surface area (Å²) in [6.07, 6.45) is 3.79. The number of carbonyl (C=O) groups is 1. The Balaban J connectivity index is 1.83. The fraction of sp³-hybridized carbons (Fsp3) is 0.583. The Labute approximate surface area is 173 Å². The molecule has 29 heavy (non-hydrogen) atoms. The van der Waals surface area contributed by atoms with Crippen LogP contribution in [0.5, 0.6) is 5.75 Å². The van der Waals surface area contributed by atoms with E-state index in [1.54, 1.807) is 7.11 Å². The first-order valence-corrected chi connectivity index (χ1v) is 10.7. The normalized spacial score (nSPS) is 24.3. The third-order valence-electron chi connectivity index (χ3n) is 7.09. The molecule has 0 unspecified atom stereocenters. The van der Waals surface area contributed by atoms with Gasteiger partial charge in [0.05, 0.1) is 18.4 Å². The molecule has 1 heterocycles. The molecule has 1 aromatic heterocycles. The number of nitrogens with one attached hydrogen (secondary N) is 1. The predicted molar refractivity (Wildman–Crippen MR) is 113 cm³/mol. The van der Waals surface area contributed by atoms with Crippen molar-refractivity contribution >= 4 is 5.91 Å². The van der Waals surface area contributed by atoms with E-state index in [9.17, 15) is 4.79 Å². The Morgan fingerprint density at radius 3 is 2.79 bits per heavy atom. The molecule has 2 atom stereocenters. The predicted octanol–water partition coefficient (Wildman–Crippen LogP) is 4.49. The maximum absolute atomic E-state index is 12.7. The Kier molecular flexibility index (Phi) is 4.75. The lowest BCUT2D eigenvalue weighted by molar-refractivity contribution is 0.0948. The lowest BCUT2D eigenvalue weighted by atomic mass is 9.51. The van der Waals surface area contributed by atoms with Gasteiger partial charge in [-0.15, -0.1) is 0 Å². The zero-order valence-corrected chi connectivity index (χ0v) is 18.4. The van der Waals surface area contributed by atoms with Crippen molar-refractivity contribution in [2.45, 2.75) is 71.1 Å². The largest absolute Gasteiger partial charge is 0.496 e. The molecule has 2 aliphatic carbocycles. The molecule has 5 nitrogen and oxygen atoms in total. The highest BCUT2D eigenvalue weighted by atomic mass is 16.5. The minimum Gasteiger partial charge on any atom is -0.496 e. The summed E-state index contributed by atoms with van der Waals surface area (Å²) in [5.41, 5.74) is 4.09. The second-order valence-corrected chi connectivity index (χ2v) is 9.38. The molecule has 1 amide bonds. The molecule has 4 rings (SSSR count). The molecule has 2 aromatic rings. The summed E-state index contributed by atoms with van der Waals surface area (Å²) in [5.74, 6) is 2.82. The number of methoxy groups -OCH3 is 1. The average Bonchev–Trinajstić information content (AvgIpc) is 3.05. The van der Waals surface area contributed by atoms with Crippen LogP contribution in [0, 0.1) is 12.8 Å². The number of aromatic nitrogens is 1. The number of amides is 1. The summed E-state index contributed by atoms with van der Waals surface area (Å²) in [6, 6.07) is 4.16. The fourth-order valence-corrected chi connectivity index (χ4v) is 5.82. The topological polar surface area (TPSA) is 64.4 Å². The molecule has 1 N–H and O–H groups in total. The molecule has 0 spiro atoms. The third-order valence-corrected chi connectivity index (χ3v) is 7.09. The van der Waals surface area contributed by atoms with Crippen LogP contribution in [0.15, 0.2) is 16.5 Å². The van der Waals surface area contributed by atoms with Crippen LogP contribution in [0.3, 0.4) is 0 Å². The SMILES string of the molecule is CCCNC(=O)c1cc2c(cc1OC)[C@@]1(C)Cc3nc(C)oc3C(C)(C)[C@@H]1CC2. The fourth-order valence-electron chi connectivity index (χ4n) is 5.82. The molecule has 0 aliphatic heterocycles. The van der Waals surface area contributed by atoms with E-state index in [4.69, 9.17) is 14.1 Å². The van der Waals surface area contributed by atoms with Crippen LogP contribution in [0.25, 0.3) is 0 Å². The summed E-state index contributed by atoms with van der Waals surface area (Å²) < 4.78 is 11.7. The van der Waals surface area contributed by atoms with Crippen molar-refractivity contribution in [2.24, 2.45) is 5.92 Å². The van der Waals surface area contributed by atoms with Crippen LogP contribution in [0.2, 0.25) is 0 Å². The molecule has 0 fully saturated rings. The minimum absolute atomic E-state index is 0.0582. The van der Waals surface area contributed by atoms with Crippen molar-refractivity contribution in [3.8, 4) is 5.75 Å². The number of oxazole rings is 1. The number of hydrogen-bond acceptors (Lipinski definition) is 4. The van der Waals surface area contributed by atoms with Gasteiger partial charge in [-0.2, -0.15) is 0 Å². The molecule has 156 valence electrons. The van der Waals surface area contributed by atoms with Gasteiger partial charge in [-0.3, -0.25) is 4.79 Å². The van der Waals surface area contributed by atoms with Gasteiger partial charge in [-0.1, -0.05) is 27.7 Å². The van der Waals surface area contributed by atoms with E-state index < -0.39 is 0 Å². The molecule has 0 radical (unpaired) electrons. The lowest BCUT2D eigenvalue weighted by Gasteiger charge is -2.52. The first-order chi connectivity index (χ1) is 13.7. The Morgan fingerprint density at radius 2 is 2.10 bits per heavy atom. The molecule has 0 bridgehead atoms. The zero-order valence-electron chi connectivity index (χ0n) is 18.4. The van der Waals surface area contributed by atoms with Gasteiger partial charge in [0, 0.05) is 30.7 Å². The molecule has 2 aliphatic rings. The van der Waals surface area contributed by atoms with Crippen LogP contribution in [0.1, 0.15) is 79.4 Å². The maximum Gasteiger partial charge on any atom is 0.255 e. The number of nitrogens with zero attached hydrogens (tertiary/aromatic N) is 1. The zero-order chi connectivity index (χ0) is 21.0. The second-order valence-electron chi connectivity index (χ2n) is 9.38. The number of fused-ring (bicyclic) bond motifs is 4. The number of carbonyl (C=O) groups excluding carboxylic acids is 1. The second kappa shape index (κ2) is 6.89. The summed E-state index contributed by atoms with van der Waals surface area (Å²) in [4.78, 5) is 17.4. The standard InChI is InChI=1S/C24H32N2O3/c1-7-10-25-22(27)16-11-15-8-9-20-23(3,4)21-18(26-14(2)29-21)13-24(20,5)17(15)12-19(16)28-6/h11-12,20H,7-10,13H2,1-6H3,(H,25,27)/t20-,24+/m0/s1. The Morgan fingerprint density at radius 1 is 1.34 bits per heavy atom. The third kappa shape index (κ3) is 2.97. The molecule has 0 saturated heterocycles. The summed E-state index contributed by atoms with van der Waals surface area (Å²) in [7, 11) is 1.64. The highest BCUT2D eigenvalue weighted by molar-refractivity contribution is 5.97. The van der Waals surface area contributed by atoms with Gasteiger partial charge in [-0.25, -0.2) is 4.98 Å². The van der Waals surface area contributed by atoms with E-state index in [0.717, 1.165) is 43.0 Å². The highest BCUT2D eigenvalue weighted by Gasteiger charge is 2.54. The molecule has 1 aromatic carbocycles. The minimum atomic E-state index is -0.0916. The quantitative estimate of drug-likeness (QED) is 0.827. The smallest absolute Gasteiger partial charge is 0.255 e. The monoisotopic (exact) mass is 396 g/mol. The van der Waals surface area contributed by atoms with Crippen molar-refractivity contribution in [1.29, 1.82) is 0 Å². The van der Waals surface area contributed by atoms with Crippen molar-refractivity contribution < 1.29 is 13.9 Å². The summed E-state index contributed by atoms with van der Waals surface area (Å²) in [5, 5.41) is 2.98. The van der Waals surface area contributed by atoms with Crippen LogP contribution in [-0.2, 0) is 23.7 Å². The van der Waals surface area contributed by atoms with Gasteiger partial charge in [0.2, 0.25) is 0 Å². The van der Waals surface area contributed by atoms with Crippen molar-refractivity contribution in [3.05, 3.63) is 46.2 Å². The first-order valence-electron chi connectivity index (χ1n) is 10.7. The molecule has 0 saturated carbocycles. The number of benzene rings is 1. The van der Waals surface area contributed by atoms with E-state index >= 15 is 0 Å². The van der Waals surface area contributed by atoms with Crippen molar-refractivity contribution in [3.63, 3.8) is 0 Å². The van der Waals surface area contributed by atoms with Gasteiger partial charge in [0.25, 0.3) is 5.91 Å². The number of aryl methyl sites for hydroxylation is 2. The van der Waals surface area contributed by atoms with Crippen molar-refractivity contribution in [1.82, 2.24) is 10.3 Å². The summed E-state index contributed by atoms with van der Waals surface area (Å²) >= 11 is 0.